The molecule has 10 heteroatoms. The summed E-state index contributed by atoms with van der Waals surface area (Å²) in [5.74, 6) is 0.137. The minimum absolute atomic E-state index is 0.0986. The van der Waals surface area contributed by atoms with Crippen LogP contribution in [0.2, 0.25) is 0 Å². The molecule has 1 saturated heterocycles. The zero-order valence-electron chi connectivity index (χ0n) is 19.2. The Kier molecular flexibility index (Phi) is 9.37. The van der Waals surface area contributed by atoms with E-state index in [9.17, 15) is 22.0 Å². The lowest BCUT2D eigenvalue weighted by molar-refractivity contribution is -0.122. The van der Waals surface area contributed by atoms with Gasteiger partial charge in [-0.2, -0.15) is 8.78 Å². The van der Waals surface area contributed by atoms with Crippen LogP contribution in [0.3, 0.4) is 0 Å². The Morgan fingerprint density at radius 2 is 1.85 bits per heavy atom. The number of carbonyl (C=O) groups is 1. The summed E-state index contributed by atoms with van der Waals surface area (Å²) in [5, 5.41) is 2.88. The van der Waals surface area contributed by atoms with Crippen LogP contribution in [0.25, 0.3) is 0 Å². The number of piperidine rings is 1. The molecule has 0 radical (unpaired) electrons. The molecule has 186 valence electrons. The monoisotopic (exact) mass is 495 g/mol. The van der Waals surface area contributed by atoms with Crippen molar-refractivity contribution in [1.29, 1.82) is 0 Å². The van der Waals surface area contributed by atoms with Crippen LogP contribution in [0, 0.1) is 12.8 Å². The molecule has 0 saturated carbocycles. The molecule has 2 N–H and O–H groups in total. The van der Waals surface area contributed by atoms with Gasteiger partial charge < -0.3 is 10.1 Å². The van der Waals surface area contributed by atoms with Crippen molar-refractivity contribution < 1.29 is 26.7 Å². The standard InChI is InChI=1S/C24H31F2N3O4S/c1-18-4-10-22(11-5-18)34(31,32)28-15-20-3-2-14-29(16-20)17-23(30)27-13-12-19-6-8-21(9-7-19)33-24(25)26/h4-11,20,24,28H,2-3,12-17H2,1H3,(H,27,30). The van der Waals surface area contributed by atoms with Crippen LogP contribution in [-0.4, -0.2) is 58.6 Å². The summed E-state index contributed by atoms with van der Waals surface area (Å²) < 4.78 is 56.5. The van der Waals surface area contributed by atoms with Gasteiger partial charge in [-0.1, -0.05) is 29.8 Å². The third kappa shape index (κ3) is 8.34. The first-order chi connectivity index (χ1) is 16.2. The summed E-state index contributed by atoms with van der Waals surface area (Å²) in [4.78, 5) is 14.6. The minimum Gasteiger partial charge on any atom is -0.435 e. The second kappa shape index (κ2) is 12.2. The Morgan fingerprint density at radius 1 is 1.15 bits per heavy atom. The zero-order valence-corrected chi connectivity index (χ0v) is 20.0. The molecule has 2 aromatic rings. The predicted molar refractivity (Wildman–Crippen MR) is 125 cm³/mol. The summed E-state index contributed by atoms with van der Waals surface area (Å²) in [5.41, 5.74) is 1.90. The highest BCUT2D eigenvalue weighted by atomic mass is 32.2. The molecule has 1 atom stereocenters. The van der Waals surface area contributed by atoms with E-state index < -0.39 is 16.6 Å². The van der Waals surface area contributed by atoms with Gasteiger partial charge in [-0.05, 0) is 68.5 Å². The molecule has 2 aromatic carbocycles. The van der Waals surface area contributed by atoms with Crippen molar-refractivity contribution in [2.24, 2.45) is 5.92 Å². The Bertz CT molecular complexity index is 1030. The third-order valence-corrected chi connectivity index (χ3v) is 7.19. The summed E-state index contributed by atoms with van der Waals surface area (Å²) >= 11 is 0. The molecule has 1 unspecified atom stereocenters. The van der Waals surface area contributed by atoms with Gasteiger partial charge in [0.25, 0.3) is 0 Å². The molecule has 7 nitrogen and oxygen atoms in total. The Hall–Kier alpha value is -2.56. The van der Waals surface area contributed by atoms with Gasteiger partial charge in [0.05, 0.1) is 11.4 Å². The smallest absolute Gasteiger partial charge is 0.387 e. The van der Waals surface area contributed by atoms with E-state index >= 15 is 0 Å². The molecular formula is C24H31F2N3O4S. The maximum Gasteiger partial charge on any atom is 0.387 e. The number of nitrogens with one attached hydrogen (secondary N) is 2. The lowest BCUT2D eigenvalue weighted by atomic mass is 9.98. The van der Waals surface area contributed by atoms with Crippen molar-refractivity contribution in [3.05, 3.63) is 59.7 Å². The van der Waals surface area contributed by atoms with Crippen LogP contribution in [0.15, 0.2) is 53.4 Å². The number of alkyl halides is 2. The largest absolute Gasteiger partial charge is 0.435 e. The summed E-state index contributed by atoms with van der Waals surface area (Å²) in [7, 11) is -3.56. The zero-order chi connectivity index (χ0) is 24.6. The molecule has 0 aromatic heterocycles. The van der Waals surface area contributed by atoms with Crippen LogP contribution in [0.5, 0.6) is 5.75 Å². The van der Waals surface area contributed by atoms with Gasteiger partial charge in [0, 0.05) is 19.6 Å². The van der Waals surface area contributed by atoms with E-state index in [-0.39, 0.29) is 29.0 Å². The van der Waals surface area contributed by atoms with E-state index in [1.54, 1.807) is 36.4 Å². The highest BCUT2D eigenvalue weighted by Crippen LogP contribution is 2.17. The summed E-state index contributed by atoms with van der Waals surface area (Å²) in [6.07, 6.45) is 2.38. The van der Waals surface area contributed by atoms with E-state index in [1.807, 2.05) is 11.8 Å². The van der Waals surface area contributed by atoms with E-state index in [0.29, 0.717) is 26.1 Å². The third-order valence-electron chi connectivity index (χ3n) is 5.75. The molecule has 1 fully saturated rings. The lowest BCUT2D eigenvalue weighted by Gasteiger charge is -2.32. The van der Waals surface area contributed by atoms with Crippen LogP contribution in [-0.2, 0) is 21.2 Å². The van der Waals surface area contributed by atoms with Crippen LogP contribution >= 0.6 is 0 Å². The van der Waals surface area contributed by atoms with Crippen molar-refractivity contribution in [1.82, 2.24) is 14.9 Å². The van der Waals surface area contributed by atoms with Gasteiger partial charge >= 0.3 is 6.61 Å². The van der Waals surface area contributed by atoms with E-state index in [4.69, 9.17) is 0 Å². The highest BCUT2D eigenvalue weighted by Gasteiger charge is 2.23. The van der Waals surface area contributed by atoms with Crippen LogP contribution < -0.4 is 14.8 Å². The molecule has 1 aliphatic rings. The van der Waals surface area contributed by atoms with Gasteiger partial charge in [-0.3, -0.25) is 9.69 Å². The van der Waals surface area contributed by atoms with E-state index in [0.717, 1.165) is 30.5 Å². The molecule has 1 aliphatic heterocycles. The molecule has 34 heavy (non-hydrogen) atoms. The lowest BCUT2D eigenvalue weighted by Crippen LogP contribution is -2.45. The fourth-order valence-electron chi connectivity index (χ4n) is 3.93. The quantitative estimate of drug-likeness (QED) is 0.501. The summed E-state index contributed by atoms with van der Waals surface area (Å²) in [6, 6.07) is 13.1. The van der Waals surface area contributed by atoms with Gasteiger partial charge in [0.15, 0.2) is 0 Å². The molecule has 0 spiro atoms. The second-order valence-electron chi connectivity index (χ2n) is 8.53. The first-order valence-electron chi connectivity index (χ1n) is 11.3. The number of hydrogen-bond acceptors (Lipinski definition) is 5. The van der Waals surface area contributed by atoms with Crippen LogP contribution in [0.4, 0.5) is 8.78 Å². The molecule has 1 heterocycles. The molecule has 0 aliphatic carbocycles. The normalized spacial score (nSPS) is 17.0. The number of likely N-dealkylation sites (tertiary alicyclic amines) is 1. The SMILES string of the molecule is Cc1ccc(S(=O)(=O)NCC2CCCN(CC(=O)NCCc3ccc(OC(F)F)cc3)C2)cc1. The number of halogens is 2. The molecular weight excluding hydrogens is 464 g/mol. The first-order valence-corrected chi connectivity index (χ1v) is 12.8. The average molecular weight is 496 g/mol. The van der Waals surface area contributed by atoms with Gasteiger partial charge in [-0.25, -0.2) is 13.1 Å². The minimum atomic E-state index is -3.56. The number of carbonyl (C=O) groups excluding carboxylic acids is 1. The number of amides is 1. The van der Waals surface area contributed by atoms with Gasteiger partial charge in [0.2, 0.25) is 15.9 Å². The second-order valence-corrected chi connectivity index (χ2v) is 10.3. The maximum atomic E-state index is 12.5. The van der Waals surface area contributed by atoms with Crippen molar-refractivity contribution in [3.8, 4) is 5.75 Å². The van der Waals surface area contributed by atoms with Crippen molar-refractivity contribution in [3.63, 3.8) is 0 Å². The summed E-state index contributed by atoms with van der Waals surface area (Å²) in [6.45, 7) is 1.51. The average Bonchev–Trinajstić information content (AvgIpc) is 2.79. The first kappa shape index (κ1) is 26.1. The van der Waals surface area contributed by atoms with Crippen LogP contribution in [0.1, 0.15) is 24.0 Å². The Morgan fingerprint density at radius 3 is 2.53 bits per heavy atom. The van der Waals surface area contributed by atoms with Crippen molar-refractivity contribution in [2.45, 2.75) is 37.7 Å². The highest BCUT2D eigenvalue weighted by molar-refractivity contribution is 7.89. The molecule has 1 amide bonds. The predicted octanol–water partition coefficient (Wildman–Crippen LogP) is 2.95. The van der Waals surface area contributed by atoms with Gasteiger partial charge in [-0.15, -0.1) is 0 Å². The number of hydrogen-bond donors (Lipinski definition) is 2. The number of ether oxygens (including phenoxy) is 1. The number of sulfonamides is 1. The molecule has 3 rings (SSSR count). The van der Waals surface area contributed by atoms with Gasteiger partial charge in [0.1, 0.15) is 5.75 Å². The number of rotatable bonds is 11. The Labute approximate surface area is 199 Å². The van der Waals surface area contributed by atoms with Crippen molar-refractivity contribution in [2.75, 3.05) is 32.7 Å². The Balaban J connectivity index is 1.38. The molecule has 0 bridgehead atoms. The topological polar surface area (TPSA) is 87.7 Å². The fourth-order valence-corrected chi connectivity index (χ4v) is 5.05. The number of aryl methyl sites for hydroxylation is 1. The van der Waals surface area contributed by atoms with E-state index in [1.165, 1.54) is 12.1 Å². The van der Waals surface area contributed by atoms with E-state index in [2.05, 4.69) is 14.8 Å². The number of nitrogens with zero attached hydrogens (tertiary/aromatic N) is 1. The number of benzene rings is 2. The fraction of sp³-hybridized carbons (Fsp3) is 0.458. The van der Waals surface area contributed by atoms with Crippen molar-refractivity contribution >= 4 is 15.9 Å². The maximum absolute atomic E-state index is 12.5.